The molecule has 0 saturated heterocycles. The molecular formula is C9H3Cl2F2N. The Labute approximate surface area is 88.3 Å². The average Bonchev–Trinajstić information content (AvgIpc) is 2.23. The molecule has 0 aliphatic rings. The molecule has 0 atom stereocenters. The number of pyridine rings is 1. The summed E-state index contributed by atoms with van der Waals surface area (Å²) < 4.78 is 26.2. The summed E-state index contributed by atoms with van der Waals surface area (Å²) in [5, 5.41) is -0.337. The molecule has 1 heterocycles. The van der Waals surface area contributed by atoms with Gasteiger partial charge in [-0.25, -0.2) is 8.78 Å². The Kier molecular flexibility index (Phi) is 2.29. The Balaban J connectivity index is 3.02. The summed E-state index contributed by atoms with van der Waals surface area (Å²) in [5.41, 5.74) is 0.165. The van der Waals surface area contributed by atoms with Gasteiger partial charge in [0.1, 0.15) is 5.02 Å². The van der Waals surface area contributed by atoms with Crippen LogP contribution in [-0.2, 0) is 0 Å². The van der Waals surface area contributed by atoms with Crippen molar-refractivity contribution in [3.63, 3.8) is 0 Å². The quantitative estimate of drug-likeness (QED) is 0.498. The monoisotopic (exact) mass is 233 g/mol. The lowest BCUT2D eigenvalue weighted by molar-refractivity contribution is 0.511. The molecule has 0 aliphatic carbocycles. The largest absolute Gasteiger partial charge is 0.255 e. The van der Waals surface area contributed by atoms with Crippen molar-refractivity contribution in [1.29, 1.82) is 0 Å². The van der Waals surface area contributed by atoms with Gasteiger partial charge in [-0.15, -0.1) is 0 Å². The summed E-state index contributed by atoms with van der Waals surface area (Å²) in [6, 6.07) is 3.10. The van der Waals surface area contributed by atoms with Crippen LogP contribution in [0.2, 0.25) is 10.0 Å². The van der Waals surface area contributed by atoms with Gasteiger partial charge < -0.3 is 0 Å². The molecule has 2 rings (SSSR count). The normalized spacial score (nSPS) is 10.9. The van der Waals surface area contributed by atoms with Gasteiger partial charge in [-0.2, -0.15) is 0 Å². The minimum Gasteiger partial charge on any atom is -0.255 e. The lowest BCUT2D eigenvalue weighted by atomic mass is 10.2. The van der Waals surface area contributed by atoms with E-state index >= 15 is 0 Å². The van der Waals surface area contributed by atoms with Gasteiger partial charge in [0.2, 0.25) is 0 Å². The third kappa shape index (κ3) is 1.24. The summed E-state index contributed by atoms with van der Waals surface area (Å²) in [5.74, 6) is -2.31. The first-order valence-electron chi connectivity index (χ1n) is 3.69. The fraction of sp³-hybridized carbons (Fsp3) is 0. The van der Waals surface area contributed by atoms with Crippen LogP contribution in [0, 0.1) is 11.6 Å². The highest BCUT2D eigenvalue weighted by Crippen LogP contribution is 2.33. The second kappa shape index (κ2) is 3.33. The van der Waals surface area contributed by atoms with E-state index in [-0.39, 0.29) is 15.6 Å². The number of aromatic nitrogens is 1. The van der Waals surface area contributed by atoms with Crippen molar-refractivity contribution in [3.05, 3.63) is 40.0 Å². The van der Waals surface area contributed by atoms with Gasteiger partial charge in [0.15, 0.2) is 11.6 Å². The predicted octanol–water partition coefficient (Wildman–Crippen LogP) is 3.82. The number of nitrogens with zero attached hydrogens (tertiary/aromatic N) is 1. The fourth-order valence-corrected chi connectivity index (χ4v) is 1.64. The molecule has 0 radical (unpaired) electrons. The van der Waals surface area contributed by atoms with Crippen molar-refractivity contribution in [2.75, 3.05) is 0 Å². The smallest absolute Gasteiger partial charge is 0.181 e. The predicted molar refractivity (Wildman–Crippen MR) is 51.7 cm³/mol. The first-order valence-corrected chi connectivity index (χ1v) is 4.45. The lowest BCUT2D eigenvalue weighted by Gasteiger charge is -2.04. The van der Waals surface area contributed by atoms with Crippen LogP contribution in [0.3, 0.4) is 0 Å². The Morgan fingerprint density at radius 2 is 1.71 bits per heavy atom. The number of hydrogen-bond donors (Lipinski definition) is 0. The van der Waals surface area contributed by atoms with Crippen LogP contribution in [0.5, 0.6) is 0 Å². The lowest BCUT2D eigenvalue weighted by Crippen LogP contribution is -1.91. The number of benzene rings is 1. The molecule has 0 amide bonds. The Bertz CT molecular complexity index is 467. The minimum absolute atomic E-state index is 0.165. The topological polar surface area (TPSA) is 12.9 Å². The molecule has 0 unspecified atom stereocenters. The molecule has 0 bridgehead atoms. The summed E-state index contributed by atoms with van der Waals surface area (Å²) in [6.45, 7) is 0. The van der Waals surface area contributed by atoms with Gasteiger partial charge in [-0.3, -0.25) is 4.98 Å². The number of rotatable bonds is 0. The zero-order valence-corrected chi connectivity index (χ0v) is 8.20. The number of hydrogen-bond acceptors (Lipinski definition) is 1. The third-order valence-electron chi connectivity index (χ3n) is 1.83. The SMILES string of the molecule is Fc1c(F)c(Cl)c2ncccc2c1Cl. The van der Waals surface area contributed by atoms with E-state index in [4.69, 9.17) is 23.2 Å². The summed E-state index contributed by atoms with van der Waals surface area (Å²) in [7, 11) is 0. The molecular weight excluding hydrogens is 231 g/mol. The van der Waals surface area contributed by atoms with Crippen molar-refractivity contribution in [3.8, 4) is 0 Å². The second-order valence-corrected chi connectivity index (χ2v) is 3.41. The number of fused-ring (bicyclic) bond motifs is 1. The van der Waals surface area contributed by atoms with E-state index < -0.39 is 11.6 Å². The maximum atomic E-state index is 13.1. The standard InChI is InChI=1S/C9H3Cl2F2N/c10-5-4-2-1-3-14-9(4)6(11)8(13)7(5)12/h1-3H. The van der Waals surface area contributed by atoms with Crippen molar-refractivity contribution in [2.24, 2.45) is 0 Å². The van der Waals surface area contributed by atoms with Gasteiger partial charge in [0.05, 0.1) is 10.5 Å². The highest BCUT2D eigenvalue weighted by atomic mass is 35.5. The number of halogens is 4. The van der Waals surface area contributed by atoms with E-state index in [2.05, 4.69) is 4.98 Å². The van der Waals surface area contributed by atoms with Gasteiger partial charge >= 0.3 is 0 Å². The van der Waals surface area contributed by atoms with Gasteiger partial charge in [0.25, 0.3) is 0 Å². The molecule has 1 aromatic carbocycles. The van der Waals surface area contributed by atoms with Crippen LogP contribution in [0.15, 0.2) is 18.3 Å². The van der Waals surface area contributed by atoms with Crippen LogP contribution >= 0.6 is 23.2 Å². The summed E-state index contributed by atoms with van der Waals surface area (Å²) in [6.07, 6.45) is 1.43. The first kappa shape index (κ1) is 9.62. The van der Waals surface area contributed by atoms with Crippen LogP contribution in [0.4, 0.5) is 8.78 Å². The Morgan fingerprint density at radius 1 is 1.07 bits per heavy atom. The van der Waals surface area contributed by atoms with E-state index in [0.29, 0.717) is 5.39 Å². The maximum Gasteiger partial charge on any atom is 0.181 e. The maximum absolute atomic E-state index is 13.1. The first-order chi connectivity index (χ1) is 6.63. The van der Waals surface area contributed by atoms with E-state index in [1.807, 2.05) is 0 Å². The van der Waals surface area contributed by atoms with Gasteiger partial charge in [-0.05, 0) is 12.1 Å². The van der Waals surface area contributed by atoms with Crippen LogP contribution < -0.4 is 0 Å². The van der Waals surface area contributed by atoms with Gasteiger partial charge in [0, 0.05) is 11.6 Å². The summed E-state index contributed by atoms with van der Waals surface area (Å²) in [4.78, 5) is 3.82. The van der Waals surface area contributed by atoms with Crippen LogP contribution in [-0.4, -0.2) is 4.98 Å². The molecule has 2 aromatic rings. The van der Waals surface area contributed by atoms with Crippen molar-refractivity contribution >= 4 is 34.1 Å². The minimum atomic E-state index is -1.16. The molecule has 0 spiro atoms. The van der Waals surface area contributed by atoms with E-state index in [9.17, 15) is 8.78 Å². The highest BCUT2D eigenvalue weighted by Gasteiger charge is 2.17. The molecule has 1 nitrogen and oxygen atoms in total. The second-order valence-electron chi connectivity index (χ2n) is 2.66. The van der Waals surface area contributed by atoms with Gasteiger partial charge in [-0.1, -0.05) is 23.2 Å². The molecule has 14 heavy (non-hydrogen) atoms. The zero-order chi connectivity index (χ0) is 10.3. The van der Waals surface area contributed by atoms with Crippen molar-refractivity contribution in [1.82, 2.24) is 4.98 Å². The van der Waals surface area contributed by atoms with Crippen LogP contribution in [0.1, 0.15) is 0 Å². The average molecular weight is 234 g/mol. The molecule has 72 valence electrons. The molecule has 5 heteroatoms. The molecule has 0 saturated carbocycles. The molecule has 0 N–H and O–H groups in total. The van der Waals surface area contributed by atoms with E-state index in [1.54, 1.807) is 6.07 Å². The molecule has 1 aromatic heterocycles. The van der Waals surface area contributed by atoms with E-state index in [0.717, 1.165) is 0 Å². The Morgan fingerprint density at radius 3 is 2.43 bits per heavy atom. The highest BCUT2D eigenvalue weighted by molar-refractivity contribution is 6.40. The van der Waals surface area contributed by atoms with Crippen LogP contribution in [0.25, 0.3) is 10.9 Å². The third-order valence-corrected chi connectivity index (χ3v) is 2.54. The van der Waals surface area contributed by atoms with Crippen molar-refractivity contribution in [2.45, 2.75) is 0 Å². The fourth-order valence-electron chi connectivity index (χ4n) is 1.17. The van der Waals surface area contributed by atoms with Crippen molar-refractivity contribution < 1.29 is 8.78 Å². The molecule has 0 aliphatic heterocycles. The Hall–Kier alpha value is -0.930. The zero-order valence-electron chi connectivity index (χ0n) is 6.69. The summed E-state index contributed by atoms with van der Waals surface area (Å²) >= 11 is 11.2. The molecule has 0 fully saturated rings. The van der Waals surface area contributed by atoms with E-state index in [1.165, 1.54) is 12.3 Å².